The molecule has 0 spiro atoms. The molecule has 0 aliphatic rings. The van der Waals surface area contributed by atoms with Crippen molar-refractivity contribution < 1.29 is 5.11 Å². The van der Waals surface area contributed by atoms with E-state index in [1.165, 1.54) is 10.9 Å². The molecular weight excluding hydrogens is 218 g/mol. The van der Waals surface area contributed by atoms with Gasteiger partial charge in [0.25, 0.3) is 0 Å². The second kappa shape index (κ2) is 5.14. The first kappa shape index (κ1) is 11.2. The predicted octanol–water partition coefficient (Wildman–Crippen LogP) is 0.294. The number of aliphatic hydroxyl groups excluding tert-OH is 1. The molecule has 1 heterocycles. The van der Waals surface area contributed by atoms with Crippen molar-refractivity contribution in [1.29, 1.82) is 0 Å². The maximum atomic E-state index is 11.3. The van der Waals surface area contributed by atoms with Crippen molar-refractivity contribution in [3.05, 3.63) is 46.6 Å². The number of hydrogen-bond donors (Lipinski definition) is 2. The Bertz CT molecular complexity index is 599. The molecule has 2 N–H and O–H groups in total. The Morgan fingerprint density at radius 1 is 1.35 bits per heavy atom. The summed E-state index contributed by atoms with van der Waals surface area (Å²) in [4.78, 5) is 11.3. The molecule has 0 aliphatic carbocycles. The second-order valence-electron chi connectivity index (χ2n) is 3.35. The maximum Gasteiger partial charge on any atom is 0.347 e. The highest BCUT2D eigenvalue weighted by Gasteiger charge is 1.99. The van der Waals surface area contributed by atoms with Crippen molar-refractivity contribution in [2.45, 2.75) is 6.42 Å². The predicted molar refractivity (Wildman–Crippen MR) is 62.8 cm³/mol. The van der Waals surface area contributed by atoms with E-state index in [1.807, 2.05) is 12.1 Å². The lowest BCUT2D eigenvalue weighted by molar-refractivity contribution is 0.305. The molecule has 86 valence electrons. The second-order valence-corrected chi connectivity index (χ2v) is 3.35. The summed E-state index contributed by atoms with van der Waals surface area (Å²) >= 11 is 0. The zero-order chi connectivity index (χ0) is 12.1. The number of benzene rings is 1. The molecule has 0 saturated carbocycles. The van der Waals surface area contributed by atoms with E-state index in [0.717, 1.165) is 11.3 Å². The van der Waals surface area contributed by atoms with Gasteiger partial charge in [-0.2, -0.15) is 5.10 Å². The van der Waals surface area contributed by atoms with Crippen molar-refractivity contribution in [1.82, 2.24) is 14.8 Å². The Balaban J connectivity index is 2.23. The van der Waals surface area contributed by atoms with Gasteiger partial charge in [0.2, 0.25) is 0 Å². The van der Waals surface area contributed by atoms with Gasteiger partial charge in [0, 0.05) is 12.0 Å². The number of rotatable bonds is 2. The first-order valence-electron chi connectivity index (χ1n) is 5.13. The minimum Gasteiger partial charge on any atom is -0.395 e. The quantitative estimate of drug-likeness (QED) is 0.727. The van der Waals surface area contributed by atoms with Crippen LogP contribution < -0.4 is 5.69 Å². The van der Waals surface area contributed by atoms with Crippen LogP contribution in [-0.4, -0.2) is 26.5 Å². The van der Waals surface area contributed by atoms with Crippen LogP contribution in [0.15, 0.2) is 35.4 Å². The molecule has 5 nitrogen and oxygen atoms in total. The normalized spacial score (nSPS) is 9.71. The smallest absolute Gasteiger partial charge is 0.347 e. The SMILES string of the molecule is O=c1[nH]ncn1-c1ccc(C#CCCO)cc1. The van der Waals surface area contributed by atoms with E-state index in [-0.39, 0.29) is 12.3 Å². The highest BCUT2D eigenvalue weighted by atomic mass is 16.2. The minimum absolute atomic E-state index is 0.0650. The molecule has 17 heavy (non-hydrogen) atoms. The minimum atomic E-state index is -0.274. The van der Waals surface area contributed by atoms with Crippen LogP contribution in [0.1, 0.15) is 12.0 Å². The molecule has 0 radical (unpaired) electrons. The number of aliphatic hydroxyl groups is 1. The van der Waals surface area contributed by atoms with E-state index in [4.69, 9.17) is 5.11 Å². The van der Waals surface area contributed by atoms with Crippen LogP contribution in [0.5, 0.6) is 0 Å². The zero-order valence-corrected chi connectivity index (χ0v) is 9.05. The zero-order valence-electron chi connectivity index (χ0n) is 9.05. The van der Waals surface area contributed by atoms with Crippen LogP contribution in [0.25, 0.3) is 5.69 Å². The van der Waals surface area contributed by atoms with Crippen molar-refractivity contribution in [2.24, 2.45) is 0 Å². The number of H-pyrrole nitrogens is 1. The Labute approximate surface area is 97.7 Å². The van der Waals surface area contributed by atoms with E-state index in [0.29, 0.717) is 6.42 Å². The molecule has 5 heteroatoms. The van der Waals surface area contributed by atoms with Gasteiger partial charge in [-0.3, -0.25) is 0 Å². The Hall–Kier alpha value is -2.32. The lowest BCUT2D eigenvalue weighted by atomic mass is 10.2. The van der Waals surface area contributed by atoms with E-state index in [2.05, 4.69) is 22.0 Å². The fraction of sp³-hybridized carbons (Fsp3) is 0.167. The van der Waals surface area contributed by atoms with Crippen molar-refractivity contribution in [3.63, 3.8) is 0 Å². The molecular formula is C12H11N3O2. The fourth-order valence-electron chi connectivity index (χ4n) is 1.36. The van der Waals surface area contributed by atoms with E-state index in [1.54, 1.807) is 12.1 Å². The molecule has 0 unspecified atom stereocenters. The van der Waals surface area contributed by atoms with Crippen LogP contribution in [0, 0.1) is 11.8 Å². The highest BCUT2D eigenvalue weighted by Crippen LogP contribution is 2.06. The van der Waals surface area contributed by atoms with Crippen LogP contribution in [-0.2, 0) is 0 Å². The average molecular weight is 229 g/mol. The summed E-state index contributed by atoms with van der Waals surface area (Å²) in [6.07, 6.45) is 1.89. The van der Waals surface area contributed by atoms with Gasteiger partial charge in [-0.25, -0.2) is 14.5 Å². The summed E-state index contributed by atoms with van der Waals surface area (Å²) in [6, 6.07) is 7.22. The standard InChI is InChI=1S/C12H11N3O2/c16-8-2-1-3-10-4-6-11(7-5-10)15-9-13-14-12(15)17/h4-7,9,16H,2,8H2,(H,14,17). The average Bonchev–Trinajstić information content (AvgIpc) is 2.77. The van der Waals surface area contributed by atoms with Gasteiger partial charge >= 0.3 is 5.69 Å². The summed E-state index contributed by atoms with van der Waals surface area (Å²) in [5.41, 5.74) is 1.30. The van der Waals surface area contributed by atoms with Gasteiger partial charge in [-0.1, -0.05) is 11.8 Å². The lowest BCUT2D eigenvalue weighted by Crippen LogP contribution is -2.13. The number of hydrogen-bond acceptors (Lipinski definition) is 3. The largest absolute Gasteiger partial charge is 0.395 e. The van der Waals surface area contributed by atoms with Crippen LogP contribution in [0.4, 0.5) is 0 Å². The third-order valence-corrected chi connectivity index (χ3v) is 2.17. The van der Waals surface area contributed by atoms with Crippen LogP contribution >= 0.6 is 0 Å². The molecule has 2 rings (SSSR count). The van der Waals surface area contributed by atoms with Gasteiger partial charge in [-0.05, 0) is 24.3 Å². The monoisotopic (exact) mass is 229 g/mol. The van der Waals surface area contributed by atoms with E-state index >= 15 is 0 Å². The number of nitrogens with one attached hydrogen (secondary N) is 1. The summed E-state index contributed by atoms with van der Waals surface area (Å²) in [5, 5.41) is 14.6. The first-order chi connectivity index (χ1) is 8.31. The van der Waals surface area contributed by atoms with Gasteiger partial charge in [0.15, 0.2) is 0 Å². The molecule has 0 bridgehead atoms. The Morgan fingerprint density at radius 2 is 2.12 bits per heavy atom. The van der Waals surface area contributed by atoms with Gasteiger partial charge < -0.3 is 5.11 Å². The van der Waals surface area contributed by atoms with Crippen LogP contribution in [0.2, 0.25) is 0 Å². The molecule has 1 aromatic carbocycles. The molecule has 0 saturated heterocycles. The molecule has 0 atom stereocenters. The summed E-state index contributed by atoms with van der Waals surface area (Å²) in [5.74, 6) is 5.74. The summed E-state index contributed by atoms with van der Waals surface area (Å²) in [7, 11) is 0. The van der Waals surface area contributed by atoms with Crippen molar-refractivity contribution in [3.8, 4) is 17.5 Å². The van der Waals surface area contributed by atoms with Crippen molar-refractivity contribution in [2.75, 3.05) is 6.61 Å². The van der Waals surface area contributed by atoms with E-state index in [9.17, 15) is 4.79 Å². The summed E-state index contributed by atoms with van der Waals surface area (Å²) in [6.45, 7) is 0.0650. The Morgan fingerprint density at radius 3 is 2.71 bits per heavy atom. The number of aromatic amines is 1. The number of aromatic nitrogens is 3. The van der Waals surface area contributed by atoms with Gasteiger partial charge in [-0.15, -0.1) is 0 Å². The third-order valence-electron chi connectivity index (χ3n) is 2.17. The maximum absolute atomic E-state index is 11.3. The van der Waals surface area contributed by atoms with Crippen LogP contribution in [0.3, 0.4) is 0 Å². The van der Waals surface area contributed by atoms with Crippen molar-refractivity contribution >= 4 is 0 Å². The first-order valence-corrected chi connectivity index (χ1v) is 5.13. The summed E-state index contributed by atoms with van der Waals surface area (Å²) < 4.78 is 1.41. The van der Waals surface area contributed by atoms with E-state index < -0.39 is 0 Å². The molecule has 0 amide bonds. The number of nitrogens with zero attached hydrogens (tertiary/aromatic N) is 2. The molecule has 2 aromatic rings. The topological polar surface area (TPSA) is 70.9 Å². The Kier molecular flexibility index (Phi) is 3.38. The molecule has 0 aliphatic heterocycles. The van der Waals surface area contributed by atoms with Gasteiger partial charge in [0.05, 0.1) is 12.3 Å². The molecule has 1 aromatic heterocycles. The highest BCUT2D eigenvalue weighted by molar-refractivity contribution is 5.41. The fourth-order valence-corrected chi connectivity index (χ4v) is 1.36. The third kappa shape index (κ3) is 2.62. The van der Waals surface area contributed by atoms with Gasteiger partial charge in [0.1, 0.15) is 6.33 Å². The lowest BCUT2D eigenvalue weighted by Gasteiger charge is -1.99. The molecule has 0 fully saturated rings.